The molecular weight excluding hydrogens is 238 g/mol. The lowest BCUT2D eigenvalue weighted by atomic mass is 10.1. The first-order valence-electron chi connectivity index (χ1n) is 3.46. The van der Waals surface area contributed by atoms with Crippen molar-refractivity contribution in [3.8, 4) is 0 Å². The molecule has 0 spiro atoms. The number of hydrogen-bond acceptors (Lipinski definition) is 3. The van der Waals surface area contributed by atoms with Gasteiger partial charge in [-0.2, -0.15) is 0 Å². The summed E-state index contributed by atoms with van der Waals surface area (Å²) in [5.74, 6) is 0. The van der Waals surface area contributed by atoms with Gasteiger partial charge in [-0.25, -0.2) is 0 Å². The van der Waals surface area contributed by atoms with Crippen molar-refractivity contribution >= 4 is 27.9 Å². The van der Waals surface area contributed by atoms with E-state index in [2.05, 4.69) is 15.9 Å². The molecule has 0 aliphatic rings. The minimum absolute atomic E-state index is 0.0943. The summed E-state index contributed by atoms with van der Waals surface area (Å²) in [7, 11) is 0. The summed E-state index contributed by atoms with van der Waals surface area (Å²) in [5, 5.41) is 10.5. The normalized spacial score (nSPS) is 9.69. The summed E-state index contributed by atoms with van der Waals surface area (Å²) < 4.78 is 0.333. The molecule has 4 nitrogen and oxygen atoms in total. The number of carbonyl (C=O) groups excluding carboxylic acids is 1. The van der Waals surface area contributed by atoms with Crippen molar-refractivity contribution in [3.63, 3.8) is 0 Å². The Kier molecular flexibility index (Phi) is 2.77. The first kappa shape index (κ1) is 9.85. The molecule has 0 aromatic heterocycles. The van der Waals surface area contributed by atoms with Crippen molar-refractivity contribution in [2.45, 2.75) is 6.92 Å². The SMILES string of the molecule is Cc1cc(Br)c([N+](=O)[O-])c(C=O)c1. The van der Waals surface area contributed by atoms with Gasteiger partial charge < -0.3 is 0 Å². The van der Waals surface area contributed by atoms with E-state index < -0.39 is 4.92 Å². The average molecular weight is 244 g/mol. The van der Waals surface area contributed by atoms with E-state index in [1.165, 1.54) is 6.07 Å². The van der Waals surface area contributed by atoms with E-state index in [-0.39, 0.29) is 11.3 Å². The van der Waals surface area contributed by atoms with E-state index in [0.717, 1.165) is 5.56 Å². The number of aldehydes is 1. The Balaban J connectivity index is 3.47. The van der Waals surface area contributed by atoms with Gasteiger partial charge >= 0.3 is 0 Å². The van der Waals surface area contributed by atoms with Gasteiger partial charge in [-0.05, 0) is 40.5 Å². The van der Waals surface area contributed by atoms with Gasteiger partial charge in [0.1, 0.15) is 0 Å². The van der Waals surface area contributed by atoms with Crippen molar-refractivity contribution in [2.75, 3.05) is 0 Å². The number of rotatable bonds is 2. The monoisotopic (exact) mass is 243 g/mol. The third-order valence-electron chi connectivity index (χ3n) is 1.55. The van der Waals surface area contributed by atoms with Crippen LogP contribution in [0.2, 0.25) is 0 Å². The van der Waals surface area contributed by atoms with Crippen molar-refractivity contribution in [1.82, 2.24) is 0 Å². The van der Waals surface area contributed by atoms with Crippen LogP contribution >= 0.6 is 15.9 Å². The summed E-state index contributed by atoms with van der Waals surface area (Å²) in [5.41, 5.74) is 0.719. The van der Waals surface area contributed by atoms with Gasteiger partial charge in [0.2, 0.25) is 0 Å². The highest BCUT2D eigenvalue weighted by Gasteiger charge is 2.17. The number of nitro benzene ring substituents is 1. The molecule has 0 N–H and O–H groups in total. The van der Waals surface area contributed by atoms with E-state index in [9.17, 15) is 14.9 Å². The Hall–Kier alpha value is -1.23. The lowest BCUT2D eigenvalue weighted by Crippen LogP contribution is -1.96. The minimum Gasteiger partial charge on any atom is -0.298 e. The molecule has 0 bridgehead atoms. The van der Waals surface area contributed by atoms with Crippen molar-refractivity contribution < 1.29 is 9.72 Å². The maximum absolute atomic E-state index is 10.5. The molecule has 0 radical (unpaired) electrons. The summed E-state index contributed by atoms with van der Waals surface area (Å²) in [6.07, 6.45) is 0.482. The number of nitro groups is 1. The van der Waals surface area contributed by atoms with Crippen LogP contribution in [0.15, 0.2) is 16.6 Å². The van der Waals surface area contributed by atoms with Crippen molar-refractivity contribution in [2.24, 2.45) is 0 Å². The molecule has 1 rings (SSSR count). The fraction of sp³-hybridized carbons (Fsp3) is 0.125. The maximum Gasteiger partial charge on any atom is 0.293 e. The predicted molar refractivity (Wildman–Crippen MR) is 50.9 cm³/mol. The summed E-state index contributed by atoms with van der Waals surface area (Å²) >= 11 is 3.04. The molecule has 0 saturated heterocycles. The van der Waals surface area contributed by atoms with Crippen LogP contribution < -0.4 is 0 Å². The number of aryl methyl sites for hydroxylation is 1. The molecule has 0 unspecified atom stereocenters. The van der Waals surface area contributed by atoms with Gasteiger partial charge in [0, 0.05) is 0 Å². The van der Waals surface area contributed by atoms with Gasteiger partial charge in [-0.15, -0.1) is 0 Å². The molecule has 0 aliphatic carbocycles. The second-order valence-electron chi connectivity index (χ2n) is 2.56. The van der Waals surface area contributed by atoms with Crippen molar-refractivity contribution in [1.29, 1.82) is 0 Å². The highest BCUT2D eigenvalue weighted by molar-refractivity contribution is 9.10. The summed E-state index contributed by atoms with van der Waals surface area (Å²) in [4.78, 5) is 20.5. The second-order valence-corrected chi connectivity index (χ2v) is 3.41. The van der Waals surface area contributed by atoms with Gasteiger partial charge in [0.15, 0.2) is 6.29 Å². The Bertz CT molecular complexity index is 376. The first-order chi connectivity index (χ1) is 6.06. The van der Waals surface area contributed by atoms with Gasteiger partial charge in [0.25, 0.3) is 5.69 Å². The van der Waals surface area contributed by atoms with Crippen molar-refractivity contribution in [3.05, 3.63) is 37.8 Å². The quantitative estimate of drug-likeness (QED) is 0.456. The van der Waals surface area contributed by atoms with Gasteiger partial charge in [-0.1, -0.05) is 0 Å². The molecule has 0 atom stereocenters. The third kappa shape index (κ3) is 1.92. The molecule has 1 aromatic carbocycles. The molecule has 0 aliphatic heterocycles. The highest BCUT2D eigenvalue weighted by atomic mass is 79.9. The van der Waals surface area contributed by atoms with E-state index in [1.54, 1.807) is 13.0 Å². The largest absolute Gasteiger partial charge is 0.298 e. The fourth-order valence-electron chi connectivity index (χ4n) is 1.04. The van der Waals surface area contributed by atoms with E-state index in [1.807, 2.05) is 0 Å². The van der Waals surface area contributed by atoms with Crippen LogP contribution in [0.3, 0.4) is 0 Å². The second kappa shape index (κ2) is 3.66. The Morgan fingerprint density at radius 3 is 2.62 bits per heavy atom. The van der Waals surface area contributed by atoms with E-state index >= 15 is 0 Å². The molecule has 5 heteroatoms. The van der Waals surface area contributed by atoms with Gasteiger partial charge in [0.05, 0.1) is 15.0 Å². The molecule has 0 heterocycles. The molecule has 13 heavy (non-hydrogen) atoms. The fourth-order valence-corrected chi connectivity index (χ4v) is 1.78. The lowest BCUT2D eigenvalue weighted by molar-refractivity contribution is -0.385. The molecular formula is C8H6BrNO3. The molecule has 68 valence electrons. The standard InChI is InChI=1S/C8H6BrNO3/c1-5-2-6(4-11)8(10(12)13)7(9)3-5/h2-4H,1H3. The average Bonchev–Trinajstić information content (AvgIpc) is 2.01. The summed E-state index contributed by atoms with van der Waals surface area (Å²) in [6.45, 7) is 1.77. The zero-order chi connectivity index (χ0) is 10.0. The number of hydrogen-bond donors (Lipinski definition) is 0. The molecule has 1 aromatic rings. The van der Waals surface area contributed by atoms with Crippen LogP contribution in [0.5, 0.6) is 0 Å². The minimum atomic E-state index is -0.576. The lowest BCUT2D eigenvalue weighted by Gasteiger charge is -1.99. The van der Waals surface area contributed by atoms with Crippen LogP contribution in [-0.4, -0.2) is 11.2 Å². The van der Waals surface area contributed by atoms with Crippen LogP contribution in [0.1, 0.15) is 15.9 Å². The van der Waals surface area contributed by atoms with Crippen LogP contribution in [0, 0.1) is 17.0 Å². The Morgan fingerprint density at radius 1 is 1.54 bits per heavy atom. The Morgan fingerprint density at radius 2 is 2.15 bits per heavy atom. The number of nitrogens with zero attached hydrogens (tertiary/aromatic N) is 1. The molecule has 0 amide bonds. The first-order valence-corrected chi connectivity index (χ1v) is 4.25. The van der Waals surface area contributed by atoms with Gasteiger partial charge in [-0.3, -0.25) is 14.9 Å². The highest BCUT2D eigenvalue weighted by Crippen LogP contribution is 2.28. The van der Waals surface area contributed by atoms with Crippen LogP contribution in [0.25, 0.3) is 0 Å². The van der Waals surface area contributed by atoms with E-state index in [4.69, 9.17) is 0 Å². The topological polar surface area (TPSA) is 60.2 Å². The molecule has 0 fully saturated rings. The zero-order valence-corrected chi connectivity index (χ0v) is 8.37. The maximum atomic E-state index is 10.5. The zero-order valence-electron chi connectivity index (χ0n) is 6.78. The van der Waals surface area contributed by atoms with Crippen LogP contribution in [-0.2, 0) is 0 Å². The number of benzene rings is 1. The third-order valence-corrected chi connectivity index (χ3v) is 2.15. The molecule has 0 saturated carbocycles. The van der Waals surface area contributed by atoms with E-state index in [0.29, 0.717) is 10.8 Å². The summed E-state index contributed by atoms with van der Waals surface area (Å²) in [6, 6.07) is 3.08. The number of halogens is 1. The van der Waals surface area contributed by atoms with Crippen LogP contribution in [0.4, 0.5) is 5.69 Å². The number of carbonyl (C=O) groups is 1. The smallest absolute Gasteiger partial charge is 0.293 e. The predicted octanol–water partition coefficient (Wildman–Crippen LogP) is 2.48. The Labute approximate surface area is 82.8 Å².